The van der Waals surface area contributed by atoms with Gasteiger partial charge in [-0.15, -0.1) is 0 Å². The minimum absolute atomic E-state index is 0.0349. The van der Waals surface area contributed by atoms with E-state index in [4.69, 9.17) is 0 Å². The van der Waals surface area contributed by atoms with Crippen LogP contribution in [0.1, 0.15) is 36.7 Å². The van der Waals surface area contributed by atoms with Gasteiger partial charge in [0.15, 0.2) is 9.84 Å². The van der Waals surface area contributed by atoms with Gasteiger partial charge in [-0.05, 0) is 57.0 Å². The van der Waals surface area contributed by atoms with Crippen molar-refractivity contribution in [1.29, 1.82) is 0 Å². The number of halogens is 1. The Kier molecular flexibility index (Phi) is 6.21. The van der Waals surface area contributed by atoms with Crippen LogP contribution in [0.2, 0.25) is 0 Å². The van der Waals surface area contributed by atoms with Gasteiger partial charge in [0, 0.05) is 29.9 Å². The summed E-state index contributed by atoms with van der Waals surface area (Å²) in [5, 5.41) is 4.50. The van der Waals surface area contributed by atoms with E-state index in [2.05, 4.69) is 5.10 Å². The Balaban J connectivity index is 1.83. The Morgan fingerprint density at radius 2 is 2.00 bits per heavy atom. The van der Waals surface area contributed by atoms with Gasteiger partial charge < -0.3 is 4.90 Å². The van der Waals surface area contributed by atoms with E-state index in [1.54, 1.807) is 27.8 Å². The summed E-state index contributed by atoms with van der Waals surface area (Å²) in [5.74, 6) is -0.335. The lowest BCUT2D eigenvalue weighted by molar-refractivity contribution is -0.127. The van der Waals surface area contributed by atoms with E-state index in [0.717, 1.165) is 29.1 Å². The fourth-order valence-electron chi connectivity index (χ4n) is 3.71. The number of hydrogen-bond acceptors (Lipinski definition) is 4. The van der Waals surface area contributed by atoms with Crippen LogP contribution in [0.4, 0.5) is 4.39 Å². The standard InChI is InChI=1S/C21H26FN3O3S/c1-4-12-24(19-11-13-29(27,28)14-19)21(26)10-9-20-15(2)23-25(16(20)3)18-7-5-17(22)6-8-18/h5-10,19H,4,11-14H2,1-3H3/b10-9+. The van der Waals surface area contributed by atoms with Gasteiger partial charge in [-0.25, -0.2) is 17.5 Å². The average molecular weight is 420 g/mol. The van der Waals surface area contributed by atoms with Crippen molar-refractivity contribution in [1.82, 2.24) is 14.7 Å². The van der Waals surface area contributed by atoms with E-state index < -0.39 is 9.84 Å². The summed E-state index contributed by atoms with van der Waals surface area (Å²) in [7, 11) is -3.06. The molecule has 8 heteroatoms. The van der Waals surface area contributed by atoms with Gasteiger partial charge >= 0.3 is 0 Å². The molecule has 1 aliphatic rings. The van der Waals surface area contributed by atoms with Gasteiger partial charge in [-0.2, -0.15) is 5.10 Å². The van der Waals surface area contributed by atoms with Crippen LogP contribution in [0.5, 0.6) is 0 Å². The third-order valence-electron chi connectivity index (χ3n) is 5.21. The van der Waals surface area contributed by atoms with Crippen molar-refractivity contribution in [2.45, 2.75) is 39.7 Å². The minimum atomic E-state index is -3.06. The van der Waals surface area contributed by atoms with E-state index in [1.807, 2.05) is 20.8 Å². The molecule has 0 saturated carbocycles. The highest BCUT2D eigenvalue weighted by molar-refractivity contribution is 7.91. The topological polar surface area (TPSA) is 72.3 Å². The second-order valence-electron chi connectivity index (χ2n) is 7.39. The summed E-state index contributed by atoms with van der Waals surface area (Å²) in [6, 6.07) is 5.79. The first-order valence-electron chi connectivity index (χ1n) is 9.73. The lowest BCUT2D eigenvalue weighted by atomic mass is 10.1. The lowest BCUT2D eigenvalue weighted by Crippen LogP contribution is -2.40. The van der Waals surface area contributed by atoms with Gasteiger partial charge in [0.1, 0.15) is 5.82 Å². The highest BCUT2D eigenvalue weighted by atomic mass is 32.2. The van der Waals surface area contributed by atoms with Crippen molar-refractivity contribution in [2.75, 3.05) is 18.1 Å². The molecular weight excluding hydrogens is 393 g/mol. The smallest absolute Gasteiger partial charge is 0.246 e. The van der Waals surface area contributed by atoms with Crippen molar-refractivity contribution in [2.24, 2.45) is 0 Å². The maximum atomic E-state index is 13.2. The normalized spacial score (nSPS) is 18.4. The third-order valence-corrected chi connectivity index (χ3v) is 6.96. The van der Waals surface area contributed by atoms with Crippen LogP contribution in [-0.2, 0) is 14.6 Å². The number of aryl methyl sites for hydroxylation is 1. The summed E-state index contributed by atoms with van der Waals surface area (Å²) in [6.45, 7) is 6.23. The summed E-state index contributed by atoms with van der Waals surface area (Å²) < 4.78 is 38.5. The Bertz CT molecular complexity index is 1030. The SMILES string of the molecule is CCCN(C(=O)/C=C/c1c(C)nn(-c2ccc(F)cc2)c1C)C1CCS(=O)(=O)C1. The van der Waals surface area contributed by atoms with Crippen LogP contribution < -0.4 is 0 Å². The molecule has 1 atom stereocenters. The van der Waals surface area contributed by atoms with Crippen LogP contribution in [0.3, 0.4) is 0 Å². The zero-order valence-electron chi connectivity index (χ0n) is 16.9. The number of amides is 1. The quantitative estimate of drug-likeness (QED) is 0.675. The number of sulfone groups is 1. The van der Waals surface area contributed by atoms with E-state index >= 15 is 0 Å². The number of carbonyl (C=O) groups is 1. The number of carbonyl (C=O) groups excluding carboxylic acids is 1. The van der Waals surface area contributed by atoms with Crippen molar-refractivity contribution >= 4 is 21.8 Å². The van der Waals surface area contributed by atoms with Gasteiger partial charge in [-0.3, -0.25) is 4.79 Å². The number of benzene rings is 1. The fourth-order valence-corrected chi connectivity index (χ4v) is 5.45. The molecule has 1 amide bonds. The van der Waals surface area contributed by atoms with Crippen molar-refractivity contribution in [3.05, 3.63) is 53.1 Å². The van der Waals surface area contributed by atoms with Gasteiger partial charge in [0.05, 0.1) is 22.9 Å². The average Bonchev–Trinajstić information content (AvgIpc) is 3.17. The molecule has 156 valence electrons. The molecule has 1 fully saturated rings. The minimum Gasteiger partial charge on any atom is -0.335 e. The molecule has 1 aliphatic heterocycles. The lowest BCUT2D eigenvalue weighted by Gasteiger charge is -2.26. The molecule has 2 heterocycles. The van der Waals surface area contributed by atoms with Crippen LogP contribution in [-0.4, -0.2) is 53.1 Å². The molecule has 6 nitrogen and oxygen atoms in total. The van der Waals surface area contributed by atoms with Crippen molar-refractivity contribution in [3.8, 4) is 5.69 Å². The number of aromatic nitrogens is 2. The Hall–Kier alpha value is -2.48. The van der Waals surface area contributed by atoms with Gasteiger partial charge in [-0.1, -0.05) is 6.92 Å². The molecule has 1 unspecified atom stereocenters. The summed E-state index contributed by atoms with van der Waals surface area (Å²) in [5.41, 5.74) is 3.14. The highest BCUT2D eigenvalue weighted by Gasteiger charge is 2.33. The maximum Gasteiger partial charge on any atom is 0.246 e. The molecule has 29 heavy (non-hydrogen) atoms. The first-order valence-corrected chi connectivity index (χ1v) is 11.5. The summed E-state index contributed by atoms with van der Waals surface area (Å²) in [4.78, 5) is 14.5. The predicted molar refractivity (Wildman–Crippen MR) is 111 cm³/mol. The fraction of sp³-hybridized carbons (Fsp3) is 0.429. The largest absolute Gasteiger partial charge is 0.335 e. The molecule has 3 rings (SSSR count). The van der Waals surface area contributed by atoms with E-state index in [0.29, 0.717) is 13.0 Å². The molecule has 2 aromatic rings. The summed E-state index contributed by atoms with van der Waals surface area (Å²) in [6.07, 6.45) is 4.47. The molecular formula is C21H26FN3O3S. The zero-order chi connectivity index (χ0) is 21.2. The zero-order valence-corrected chi connectivity index (χ0v) is 17.7. The van der Waals surface area contributed by atoms with Crippen LogP contribution in [0.15, 0.2) is 30.3 Å². The Morgan fingerprint density at radius 1 is 1.31 bits per heavy atom. The molecule has 1 aromatic heterocycles. The molecule has 0 radical (unpaired) electrons. The van der Waals surface area contributed by atoms with Crippen LogP contribution >= 0.6 is 0 Å². The molecule has 1 aromatic carbocycles. The summed E-state index contributed by atoms with van der Waals surface area (Å²) >= 11 is 0. The second kappa shape index (κ2) is 8.49. The number of hydrogen-bond donors (Lipinski definition) is 0. The molecule has 1 saturated heterocycles. The number of nitrogens with zero attached hydrogens (tertiary/aromatic N) is 3. The number of rotatable bonds is 6. The predicted octanol–water partition coefficient (Wildman–Crippen LogP) is 3.07. The maximum absolute atomic E-state index is 13.2. The van der Waals surface area contributed by atoms with Crippen molar-refractivity contribution in [3.63, 3.8) is 0 Å². The monoisotopic (exact) mass is 419 g/mol. The van der Waals surface area contributed by atoms with Gasteiger partial charge in [0.25, 0.3) is 0 Å². The Morgan fingerprint density at radius 3 is 2.59 bits per heavy atom. The second-order valence-corrected chi connectivity index (χ2v) is 9.62. The van der Waals surface area contributed by atoms with E-state index in [9.17, 15) is 17.6 Å². The first-order chi connectivity index (χ1) is 13.7. The van der Waals surface area contributed by atoms with Crippen LogP contribution in [0.25, 0.3) is 11.8 Å². The molecule has 0 N–H and O–H groups in total. The molecule has 0 bridgehead atoms. The van der Waals surface area contributed by atoms with E-state index in [1.165, 1.54) is 18.2 Å². The van der Waals surface area contributed by atoms with Crippen molar-refractivity contribution < 1.29 is 17.6 Å². The molecule has 0 aliphatic carbocycles. The third kappa shape index (κ3) is 4.75. The first kappa shape index (κ1) is 21.2. The Labute approximate surface area is 170 Å². The van der Waals surface area contributed by atoms with E-state index in [-0.39, 0.29) is 29.3 Å². The molecule has 0 spiro atoms. The highest BCUT2D eigenvalue weighted by Crippen LogP contribution is 2.21. The van der Waals surface area contributed by atoms with Gasteiger partial charge in [0.2, 0.25) is 5.91 Å². The van der Waals surface area contributed by atoms with Crippen LogP contribution in [0, 0.1) is 19.7 Å².